The smallest absolute Gasteiger partial charge is 0.275 e. The van der Waals surface area contributed by atoms with Crippen LogP contribution in [0.2, 0.25) is 0 Å². The molecule has 8 nitrogen and oxygen atoms in total. The predicted molar refractivity (Wildman–Crippen MR) is 45.9 cm³/mol. The van der Waals surface area contributed by atoms with E-state index in [9.17, 15) is 20.7 Å². The summed E-state index contributed by atoms with van der Waals surface area (Å²) < 4.78 is 66.0. The molecule has 0 saturated heterocycles. The van der Waals surface area contributed by atoms with E-state index in [-0.39, 0.29) is 3.71 Å². The van der Waals surface area contributed by atoms with Crippen LogP contribution in [-0.2, 0) is 34.9 Å². The van der Waals surface area contributed by atoms with Gasteiger partial charge in [0.1, 0.15) is 0 Å². The minimum Gasteiger partial charge on any atom is -0.275 e. The Morgan fingerprint density at radius 2 is 1.71 bits per heavy atom. The molecule has 14 heavy (non-hydrogen) atoms. The van der Waals surface area contributed by atoms with Gasteiger partial charge in [0.2, 0.25) is 0 Å². The van der Waals surface area contributed by atoms with Gasteiger partial charge in [0.25, 0.3) is 10.2 Å². The Kier molecular flexibility index (Phi) is 2.60. The normalized spacial score (nSPS) is 42.5. The lowest BCUT2D eigenvalue weighted by atomic mass is 11.6. The average Bonchev–Trinajstić information content (AvgIpc) is 1.98. The SMILES string of the molecule is COS1(=O)=NS(=O)(F)=NS(=O)(=O)N1C. The van der Waals surface area contributed by atoms with Gasteiger partial charge in [-0.15, -0.1) is 3.89 Å². The van der Waals surface area contributed by atoms with Crippen molar-refractivity contribution in [3.63, 3.8) is 0 Å². The second kappa shape index (κ2) is 3.10. The molecule has 1 rings (SSSR count). The Morgan fingerprint density at radius 1 is 1.21 bits per heavy atom. The van der Waals surface area contributed by atoms with Crippen LogP contribution < -0.4 is 0 Å². The monoisotopic (exact) mass is 267 g/mol. The summed E-state index contributed by atoms with van der Waals surface area (Å²) in [6.45, 7) is 0. The Bertz CT molecular complexity index is 575. The van der Waals surface area contributed by atoms with Gasteiger partial charge in [0.15, 0.2) is 0 Å². The van der Waals surface area contributed by atoms with Crippen molar-refractivity contribution in [3.05, 3.63) is 0 Å². The number of hydrogen-bond acceptors (Lipinski definition) is 5. The van der Waals surface area contributed by atoms with Crippen LogP contribution in [0.15, 0.2) is 7.54 Å². The fourth-order valence-electron chi connectivity index (χ4n) is 0.594. The fraction of sp³-hybridized carbons (Fsp3) is 1.00. The highest BCUT2D eigenvalue weighted by molar-refractivity contribution is 8.12. The molecule has 0 fully saturated rings. The van der Waals surface area contributed by atoms with Crippen molar-refractivity contribution in [2.45, 2.75) is 0 Å². The van der Waals surface area contributed by atoms with Gasteiger partial charge in [-0.1, -0.05) is 7.48 Å². The van der Waals surface area contributed by atoms with Gasteiger partial charge < -0.3 is 0 Å². The molecule has 1 aliphatic rings. The zero-order valence-corrected chi connectivity index (χ0v) is 9.44. The molecular weight excluding hydrogens is 261 g/mol. The van der Waals surface area contributed by atoms with Crippen LogP contribution in [0.3, 0.4) is 0 Å². The van der Waals surface area contributed by atoms with Crippen molar-refractivity contribution in [1.29, 1.82) is 0 Å². The van der Waals surface area contributed by atoms with Gasteiger partial charge in [-0.2, -0.15) is 12.6 Å². The minimum atomic E-state index is -4.87. The molecule has 12 heteroatoms. The molecule has 0 amide bonds. The highest BCUT2D eigenvalue weighted by Crippen LogP contribution is 2.22. The molecule has 0 saturated carbocycles. The molecule has 0 spiro atoms. The lowest BCUT2D eigenvalue weighted by molar-refractivity contribution is 0.407. The number of nitrogens with zero attached hydrogens (tertiary/aromatic N) is 3. The molecule has 0 aliphatic carbocycles. The van der Waals surface area contributed by atoms with E-state index in [1.165, 1.54) is 0 Å². The Labute approximate surface area is 81.4 Å². The minimum absolute atomic E-state index is 0.114. The van der Waals surface area contributed by atoms with E-state index < -0.39 is 30.7 Å². The van der Waals surface area contributed by atoms with E-state index in [4.69, 9.17) is 0 Å². The molecule has 2 unspecified atom stereocenters. The first-order chi connectivity index (χ1) is 6.13. The zero-order valence-electron chi connectivity index (χ0n) is 6.99. The molecule has 0 radical (unpaired) electrons. The number of hydrogen-bond donors (Lipinski definition) is 0. The second-order valence-electron chi connectivity index (χ2n) is 2.08. The number of halogens is 1. The van der Waals surface area contributed by atoms with E-state index in [1.54, 1.807) is 0 Å². The standard InChI is InChI=1S/C2H6FN3O5S3/c1-6-13(8,9)4-12(3,7)5-14(6,10)11-2/h1-2H3. The van der Waals surface area contributed by atoms with Crippen molar-refractivity contribution < 1.29 is 24.9 Å². The summed E-state index contributed by atoms with van der Waals surface area (Å²) >= 11 is 0. The fourth-order valence-corrected chi connectivity index (χ4v) is 5.64. The van der Waals surface area contributed by atoms with E-state index in [0.29, 0.717) is 0 Å². The van der Waals surface area contributed by atoms with E-state index >= 15 is 0 Å². The Morgan fingerprint density at radius 3 is 2.14 bits per heavy atom. The van der Waals surface area contributed by atoms with Crippen molar-refractivity contribution in [2.24, 2.45) is 7.54 Å². The van der Waals surface area contributed by atoms with Crippen LogP contribution in [0.25, 0.3) is 0 Å². The summed E-state index contributed by atoms with van der Waals surface area (Å²) in [4.78, 5) is 0. The third-order valence-electron chi connectivity index (χ3n) is 1.24. The summed E-state index contributed by atoms with van der Waals surface area (Å²) in [6.07, 6.45) is 0. The largest absolute Gasteiger partial charge is 0.347 e. The molecular formula is C2H6FN3O5S3. The van der Waals surface area contributed by atoms with Gasteiger partial charge in [-0.25, -0.2) is 4.21 Å². The predicted octanol–water partition coefficient (Wildman–Crippen LogP) is -0.611. The third kappa shape index (κ3) is 1.88. The maximum atomic E-state index is 12.8. The van der Waals surface area contributed by atoms with Gasteiger partial charge >= 0.3 is 20.5 Å². The molecule has 0 N–H and O–H groups in total. The highest BCUT2D eigenvalue weighted by atomic mass is 32.3. The van der Waals surface area contributed by atoms with Crippen LogP contribution in [0.1, 0.15) is 0 Å². The molecule has 84 valence electrons. The topological polar surface area (TPSA) is 105 Å². The summed E-state index contributed by atoms with van der Waals surface area (Å²) in [5.74, 6) is 0. The van der Waals surface area contributed by atoms with Gasteiger partial charge in [-0.3, -0.25) is 4.18 Å². The van der Waals surface area contributed by atoms with E-state index in [1.807, 2.05) is 0 Å². The Hall–Kier alpha value is -0.300. The van der Waals surface area contributed by atoms with Crippen molar-refractivity contribution in [2.75, 3.05) is 14.2 Å². The summed E-state index contributed by atoms with van der Waals surface area (Å²) in [7, 11) is -11.8. The van der Waals surface area contributed by atoms with Crippen LogP contribution in [0.5, 0.6) is 0 Å². The van der Waals surface area contributed by atoms with Crippen molar-refractivity contribution in [3.8, 4) is 0 Å². The lowest BCUT2D eigenvalue weighted by Crippen LogP contribution is -2.35. The summed E-state index contributed by atoms with van der Waals surface area (Å²) in [5.41, 5.74) is 0. The first-order valence-electron chi connectivity index (χ1n) is 2.94. The molecule has 0 aromatic rings. The third-order valence-corrected chi connectivity index (χ3v) is 7.08. The lowest BCUT2D eigenvalue weighted by Gasteiger charge is -2.18. The molecule has 0 aromatic heterocycles. The van der Waals surface area contributed by atoms with E-state index in [0.717, 1.165) is 14.2 Å². The van der Waals surface area contributed by atoms with Crippen LogP contribution in [-0.4, -0.2) is 34.7 Å². The van der Waals surface area contributed by atoms with Gasteiger partial charge in [0.05, 0.1) is 7.11 Å². The first kappa shape index (κ1) is 11.8. The highest BCUT2D eigenvalue weighted by Gasteiger charge is 2.36. The van der Waals surface area contributed by atoms with Crippen LogP contribution in [0, 0.1) is 0 Å². The summed E-state index contributed by atoms with van der Waals surface area (Å²) in [5, 5.41) is 0. The molecule has 1 heterocycles. The summed E-state index contributed by atoms with van der Waals surface area (Å²) in [6, 6.07) is 0. The van der Waals surface area contributed by atoms with E-state index in [2.05, 4.69) is 11.7 Å². The molecule has 2 atom stereocenters. The quantitative estimate of drug-likeness (QED) is 0.589. The van der Waals surface area contributed by atoms with Crippen LogP contribution >= 0.6 is 0 Å². The van der Waals surface area contributed by atoms with Crippen LogP contribution in [0.4, 0.5) is 3.89 Å². The molecule has 0 bridgehead atoms. The molecule has 0 aromatic carbocycles. The zero-order chi connectivity index (χ0) is 11.2. The first-order valence-corrected chi connectivity index (χ1v) is 7.10. The second-order valence-corrected chi connectivity index (χ2v) is 7.59. The van der Waals surface area contributed by atoms with Crippen molar-refractivity contribution >= 4 is 30.7 Å². The molecule has 1 aliphatic heterocycles. The van der Waals surface area contributed by atoms with Gasteiger partial charge in [0, 0.05) is 7.05 Å². The maximum Gasteiger partial charge on any atom is 0.347 e. The average molecular weight is 267 g/mol. The Balaban J connectivity index is 3.71. The van der Waals surface area contributed by atoms with Gasteiger partial charge in [-0.05, 0) is 3.77 Å². The maximum absolute atomic E-state index is 12.8. The van der Waals surface area contributed by atoms with Crippen molar-refractivity contribution in [1.82, 2.24) is 3.71 Å². The number of rotatable bonds is 1.